The van der Waals surface area contributed by atoms with Crippen molar-refractivity contribution in [2.24, 2.45) is 9.98 Å². The number of anilines is 1. The predicted octanol–water partition coefficient (Wildman–Crippen LogP) is 3.95. The van der Waals surface area contributed by atoms with Crippen molar-refractivity contribution < 1.29 is 27.8 Å². The number of halogens is 3. The number of fused-ring (bicyclic) bond motifs is 2. The second-order valence-electron chi connectivity index (χ2n) is 8.28. The summed E-state index contributed by atoms with van der Waals surface area (Å²) in [6, 6.07) is 5.52. The van der Waals surface area contributed by atoms with Crippen LogP contribution in [-0.4, -0.2) is 67.8 Å². The van der Waals surface area contributed by atoms with Crippen molar-refractivity contribution in [1.29, 1.82) is 0 Å². The van der Waals surface area contributed by atoms with Crippen molar-refractivity contribution >= 4 is 29.5 Å². The molecule has 0 saturated heterocycles. The molecule has 0 amide bonds. The Morgan fingerprint density at radius 1 is 0.889 bits per heavy atom. The first kappa shape index (κ1) is 26.5. The normalized spacial score (nSPS) is 13.2. The molecule has 36 heavy (non-hydrogen) atoms. The number of hydrogen-bond donors (Lipinski definition) is 0. The number of benzene rings is 2. The second kappa shape index (κ2) is 10.7. The summed E-state index contributed by atoms with van der Waals surface area (Å²) in [7, 11) is 5.85. The van der Waals surface area contributed by atoms with Gasteiger partial charge in [-0.1, -0.05) is 0 Å². The van der Waals surface area contributed by atoms with Gasteiger partial charge in [0, 0.05) is 55.8 Å². The van der Waals surface area contributed by atoms with Gasteiger partial charge in [-0.05, 0) is 37.4 Å². The first-order valence-electron chi connectivity index (χ1n) is 10.6. The van der Waals surface area contributed by atoms with Crippen molar-refractivity contribution in [2.45, 2.75) is 19.5 Å². The highest BCUT2D eigenvalue weighted by atomic mass is 19.4. The summed E-state index contributed by atoms with van der Waals surface area (Å²) in [6.45, 7) is 2.40. The van der Waals surface area contributed by atoms with E-state index in [4.69, 9.17) is 0 Å². The van der Waals surface area contributed by atoms with E-state index in [0.29, 0.717) is 23.4 Å². The number of nitro benzene ring substituents is 2. The fraction of sp³-hybridized carbons (Fsp3) is 0.364. The number of rotatable bonds is 7. The van der Waals surface area contributed by atoms with Crippen molar-refractivity contribution in [3.63, 3.8) is 0 Å². The molecule has 0 N–H and O–H groups in total. The molecule has 0 aliphatic carbocycles. The largest absolute Gasteiger partial charge is 0.573 e. The zero-order valence-electron chi connectivity index (χ0n) is 19.7. The van der Waals surface area contributed by atoms with Crippen LogP contribution < -0.4 is 9.64 Å². The van der Waals surface area contributed by atoms with Crippen LogP contribution in [0.25, 0.3) is 0 Å². The van der Waals surface area contributed by atoms with E-state index in [1.165, 1.54) is 6.21 Å². The van der Waals surface area contributed by atoms with E-state index in [9.17, 15) is 33.4 Å². The minimum absolute atomic E-state index is 0.147. The van der Waals surface area contributed by atoms with Crippen LogP contribution in [0.1, 0.15) is 22.3 Å². The van der Waals surface area contributed by atoms with Crippen molar-refractivity contribution in [3.8, 4) is 5.75 Å². The van der Waals surface area contributed by atoms with E-state index in [-0.39, 0.29) is 17.2 Å². The highest BCUT2D eigenvalue weighted by molar-refractivity contribution is 5.88. The molecule has 0 aromatic heterocycles. The molecule has 2 aromatic carbocycles. The third-order valence-electron chi connectivity index (χ3n) is 5.35. The molecular weight excluding hydrogens is 485 g/mol. The molecule has 2 heterocycles. The smallest absolute Gasteiger partial charge is 0.398 e. The molecule has 2 aromatic rings. The van der Waals surface area contributed by atoms with E-state index < -0.39 is 22.7 Å². The lowest BCUT2D eigenvalue weighted by Gasteiger charge is -2.22. The summed E-state index contributed by atoms with van der Waals surface area (Å²) >= 11 is 0. The maximum absolute atomic E-state index is 12.1. The van der Waals surface area contributed by atoms with Crippen LogP contribution in [0.5, 0.6) is 5.75 Å². The van der Waals surface area contributed by atoms with Crippen LogP contribution >= 0.6 is 0 Å². The lowest BCUT2D eigenvalue weighted by Crippen LogP contribution is -2.29. The van der Waals surface area contributed by atoms with Crippen LogP contribution in [0.15, 0.2) is 34.3 Å². The Bertz CT molecular complexity index is 1230. The molecule has 192 valence electrons. The standard InChI is InChI=1S/C13H18N4O2.C9H5F3N2O3/c1-15(2)4-5-16(3)12-6-10-8-14-9-11(10)7-13(12)17(18)19;10-9(11,12)17-8-2-6-4-13-3-5(6)1-7(8)14(15)16/h6-7,9H,4-5,8H2,1-3H3;1-3H,4H2. The fourth-order valence-corrected chi connectivity index (χ4v) is 3.53. The molecule has 0 spiro atoms. The highest BCUT2D eigenvalue weighted by Gasteiger charge is 2.35. The average Bonchev–Trinajstić information content (AvgIpc) is 3.43. The Hall–Kier alpha value is -4.07. The summed E-state index contributed by atoms with van der Waals surface area (Å²) in [5.74, 6) is -0.813. The zero-order chi connectivity index (χ0) is 26.6. The number of nitro groups is 2. The molecule has 0 saturated carbocycles. The summed E-state index contributed by atoms with van der Waals surface area (Å²) in [5, 5.41) is 21.8. The molecule has 0 radical (unpaired) electrons. The SMILES string of the molecule is CN(C)CCN(C)c1cc2c(cc1[N+](=O)[O-])C=NC2.O=[N+]([O-])c1cc2c(cc1OC(F)(F)F)CN=C2. The van der Waals surface area contributed by atoms with Gasteiger partial charge in [-0.3, -0.25) is 30.2 Å². The summed E-state index contributed by atoms with van der Waals surface area (Å²) < 4.78 is 39.8. The number of likely N-dealkylation sites (N-methyl/N-ethyl adjacent to an activating group) is 2. The van der Waals surface area contributed by atoms with Crippen molar-refractivity contribution in [3.05, 3.63) is 66.7 Å². The van der Waals surface area contributed by atoms with Crippen LogP contribution in [0.2, 0.25) is 0 Å². The first-order valence-corrected chi connectivity index (χ1v) is 10.6. The third-order valence-corrected chi connectivity index (χ3v) is 5.35. The zero-order valence-corrected chi connectivity index (χ0v) is 19.7. The minimum atomic E-state index is -4.96. The van der Waals surface area contributed by atoms with Gasteiger partial charge in [0.2, 0.25) is 5.75 Å². The molecule has 2 aliphatic heterocycles. The average molecular weight is 508 g/mol. The van der Waals surface area contributed by atoms with Crippen LogP contribution in [0.4, 0.5) is 30.2 Å². The maximum Gasteiger partial charge on any atom is 0.573 e. The summed E-state index contributed by atoms with van der Waals surface area (Å²) in [4.78, 5) is 32.5. The van der Waals surface area contributed by atoms with Gasteiger partial charge in [-0.25, -0.2) is 0 Å². The Labute approximate surface area is 203 Å². The molecule has 11 nitrogen and oxygen atoms in total. The van der Waals surface area contributed by atoms with Crippen molar-refractivity contribution in [2.75, 3.05) is 39.1 Å². The van der Waals surface area contributed by atoms with Crippen LogP contribution in [-0.2, 0) is 13.1 Å². The number of ether oxygens (including phenoxy) is 1. The first-order chi connectivity index (χ1) is 16.9. The maximum atomic E-state index is 12.1. The Morgan fingerprint density at radius 3 is 1.92 bits per heavy atom. The van der Waals surface area contributed by atoms with Gasteiger partial charge >= 0.3 is 12.0 Å². The molecule has 0 bridgehead atoms. The summed E-state index contributed by atoms with van der Waals surface area (Å²) in [5.41, 5.74) is 2.90. The van der Waals surface area contributed by atoms with E-state index >= 15 is 0 Å². The van der Waals surface area contributed by atoms with E-state index in [2.05, 4.69) is 19.6 Å². The predicted molar refractivity (Wildman–Crippen MR) is 127 cm³/mol. The molecule has 0 unspecified atom stereocenters. The number of alkyl halides is 3. The third kappa shape index (κ3) is 6.53. The van der Waals surface area contributed by atoms with Crippen molar-refractivity contribution in [1.82, 2.24) is 4.90 Å². The lowest BCUT2D eigenvalue weighted by molar-refractivity contribution is -0.388. The second-order valence-corrected chi connectivity index (χ2v) is 8.28. The minimum Gasteiger partial charge on any atom is -0.398 e. The lowest BCUT2D eigenvalue weighted by atomic mass is 10.1. The van der Waals surface area contributed by atoms with Gasteiger partial charge in [-0.2, -0.15) is 0 Å². The Morgan fingerprint density at radius 2 is 1.42 bits per heavy atom. The fourth-order valence-electron chi connectivity index (χ4n) is 3.53. The van der Waals surface area contributed by atoms with Gasteiger partial charge in [0.25, 0.3) is 5.69 Å². The molecule has 4 rings (SSSR count). The molecule has 14 heteroatoms. The molecule has 2 aliphatic rings. The van der Waals surface area contributed by atoms with Gasteiger partial charge in [0.15, 0.2) is 0 Å². The number of aliphatic imine (C=N–C) groups is 2. The quantitative estimate of drug-likeness (QED) is 0.409. The Kier molecular flexibility index (Phi) is 7.87. The summed E-state index contributed by atoms with van der Waals surface area (Å²) in [6.07, 6.45) is -1.88. The van der Waals surface area contributed by atoms with Gasteiger partial charge in [-0.15, -0.1) is 13.2 Å². The number of nitrogens with zero attached hydrogens (tertiary/aromatic N) is 6. The van der Waals surface area contributed by atoms with E-state index in [0.717, 1.165) is 36.3 Å². The van der Waals surface area contributed by atoms with E-state index in [1.807, 2.05) is 32.1 Å². The number of hydrogen-bond acceptors (Lipinski definition) is 9. The van der Waals surface area contributed by atoms with Crippen LogP contribution in [0.3, 0.4) is 0 Å². The molecule has 0 fully saturated rings. The Balaban J connectivity index is 0.000000202. The van der Waals surface area contributed by atoms with E-state index in [1.54, 1.807) is 12.3 Å². The topological polar surface area (TPSA) is 127 Å². The monoisotopic (exact) mass is 508 g/mol. The van der Waals surface area contributed by atoms with Gasteiger partial charge < -0.3 is 14.5 Å². The van der Waals surface area contributed by atoms with Gasteiger partial charge in [0.05, 0.1) is 22.9 Å². The molecular formula is C22H23F3N6O5. The van der Waals surface area contributed by atoms with Gasteiger partial charge in [0.1, 0.15) is 5.69 Å². The molecule has 0 atom stereocenters. The van der Waals surface area contributed by atoms with Crippen LogP contribution in [0, 0.1) is 20.2 Å². The highest BCUT2D eigenvalue weighted by Crippen LogP contribution is 2.35.